The molecule has 24 heavy (non-hydrogen) atoms. The van der Waals surface area contributed by atoms with Gasteiger partial charge in [-0.05, 0) is 25.7 Å². The molecule has 7 heteroatoms. The number of nitrogens with two attached hydrogens (primary N) is 1. The summed E-state index contributed by atoms with van der Waals surface area (Å²) in [5, 5.41) is 10.6. The van der Waals surface area contributed by atoms with Crippen LogP contribution in [0.25, 0.3) is 11.2 Å². The minimum absolute atomic E-state index is 0.161. The van der Waals surface area contributed by atoms with Crippen LogP contribution in [0.3, 0.4) is 0 Å². The van der Waals surface area contributed by atoms with E-state index in [1.165, 1.54) is 6.42 Å². The van der Waals surface area contributed by atoms with Crippen LogP contribution in [0.5, 0.6) is 0 Å². The smallest absolute Gasteiger partial charge is 0.223 e. The molecular formula is C17H21N5OS. The molecule has 3 N–H and O–H groups in total. The predicted molar refractivity (Wildman–Crippen MR) is 95.7 cm³/mol. The average molecular weight is 343 g/mol. The highest BCUT2D eigenvalue weighted by Gasteiger charge is 2.24. The zero-order valence-corrected chi connectivity index (χ0v) is 14.2. The molecule has 2 aliphatic carbocycles. The molecule has 0 amide bonds. The molecule has 2 heterocycles. The van der Waals surface area contributed by atoms with Crippen molar-refractivity contribution >= 4 is 28.9 Å². The van der Waals surface area contributed by atoms with E-state index in [9.17, 15) is 5.11 Å². The number of nitrogens with zero attached hydrogens (tertiary/aromatic N) is 4. The van der Waals surface area contributed by atoms with E-state index in [4.69, 9.17) is 5.73 Å². The molecule has 4 rings (SSSR count). The van der Waals surface area contributed by atoms with Crippen LogP contribution in [0.2, 0.25) is 0 Å². The number of fused-ring (bicyclic) bond motifs is 1. The maximum absolute atomic E-state index is 9.33. The first-order chi connectivity index (χ1) is 11.7. The Morgan fingerprint density at radius 1 is 1.29 bits per heavy atom. The molecule has 2 aromatic rings. The van der Waals surface area contributed by atoms with Crippen molar-refractivity contribution in [3.63, 3.8) is 0 Å². The van der Waals surface area contributed by atoms with Gasteiger partial charge in [0.2, 0.25) is 5.95 Å². The van der Waals surface area contributed by atoms with E-state index in [0.717, 1.165) is 35.5 Å². The molecule has 0 aromatic carbocycles. The number of hydrogen-bond donors (Lipinski definition) is 2. The van der Waals surface area contributed by atoms with Crippen molar-refractivity contribution in [2.24, 2.45) is 5.92 Å². The topological polar surface area (TPSA) is 89.8 Å². The summed E-state index contributed by atoms with van der Waals surface area (Å²) in [5.41, 5.74) is 7.55. The molecule has 2 aromatic heterocycles. The van der Waals surface area contributed by atoms with Gasteiger partial charge in [0.25, 0.3) is 0 Å². The van der Waals surface area contributed by atoms with Crippen molar-refractivity contribution in [3.05, 3.63) is 30.6 Å². The number of imidazole rings is 1. The Labute approximate surface area is 144 Å². The van der Waals surface area contributed by atoms with Gasteiger partial charge in [0.15, 0.2) is 5.65 Å². The molecule has 1 unspecified atom stereocenters. The number of aliphatic hydroxyl groups excluding tert-OH is 1. The Balaban J connectivity index is 1.68. The maximum Gasteiger partial charge on any atom is 0.223 e. The number of aromatic nitrogens is 4. The lowest BCUT2D eigenvalue weighted by molar-refractivity contribution is 0.244. The van der Waals surface area contributed by atoms with Crippen LogP contribution in [0.15, 0.2) is 35.7 Å². The predicted octanol–water partition coefficient (Wildman–Crippen LogP) is 2.72. The molecule has 0 aliphatic heterocycles. The second-order valence-corrected chi connectivity index (χ2v) is 7.58. The number of aliphatic hydroxyl groups is 1. The number of anilines is 1. The monoisotopic (exact) mass is 343 g/mol. The lowest BCUT2D eigenvalue weighted by atomic mass is 10.1. The average Bonchev–Trinajstić information content (AvgIpc) is 3.22. The SMILES string of the molecule is Nc1nc(SC2C=CCCC2)c2ncn([C@H]3C=C[C@@H](CO)C3)c2n1. The number of allylic oxidation sites excluding steroid dienone is 2. The van der Waals surface area contributed by atoms with Crippen molar-refractivity contribution in [1.82, 2.24) is 19.5 Å². The van der Waals surface area contributed by atoms with E-state index in [2.05, 4.69) is 39.3 Å². The van der Waals surface area contributed by atoms with Crippen LogP contribution in [0, 0.1) is 5.92 Å². The number of hydrogen-bond acceptors (Lipinski definition) is 6. The summed E-state index contributed by atoms with van der Waals surface area (Å²) in [6, 6.07) is 0.161. The highest BCUT2D eigenvalue weighted by Crippen LogP contribution is 2.35. The number of nitrogen functional groups attached to an aromatic ring is 1. The molecule has 126 valence electrons. The van der Waals surface area contributed by atoms with Crippen molar-refractivity contribution in [3.8, 4) is 0 Å². The van der Waals surface area contributed by atoms with Crippen LogP contribution in [-0.4, -0.2) is 36.5 Å². The maximum atomic E-state index is 9.33. The number of rotatable bonds is 4. The van der Waals surface area contributed by atoms with Gasteiger partial charge in [0.05, 0.1) is 12.4 Å². The molecule has 0 radical (unpaired) electrons. The van der Waals surface area contributed by atoms with Gasteiger partial charge in [-0.1, -0.05) is 36.1 Å². The van der Waals surface area contributed by atoms with Gasteiger partial charge in [-0.15, -0.1) is 0 Å². The lowest BCUT2D eigenvalue weighted by Crippen LogP contribution is -2.09. The van der Waals surface area contributed by atoms with Gasteiger partial charge in [-0.25, -0.2) is 9.97 Å². The summed E-state index contributed by atoms with van der Waals surface area (Å²) in [6.45, 7) is 0.172. The molecular weight excluding hydrogens is 322 g/mol. The quantitative estimate of drug-likeness (QED) is 0.655. The second-order valence-electron chi connectivity index (χ2n) is 6.36. The fourth-order valence-electron chi connectivity index (χ4n) is 3.35. The summed E-state index contributed by atoms with van der Waals surface area (Å²) in [4.78, 5) is 13.4. The van der Waals surface area contributed by atoms with E-state index in [1.807, 2.05) is 10.9 Å². The Morgan fingerprint density at radius 3 is 2.96 bits per heavy atom. The highest BCUT2D eigenvalue weighted by molar-refractivity contribution is 8.00. The third-order valence-corrected chi connectivity index (χ3v) is 5.82. The molecule has 0 saturated heterocycles. The van der Waals surface area contributed by atoms with Crippen molar-refractivity contribution in [2.75, 3.05) is 12.3 Å². The van der Waals surface area contributed by atoms with Gasteiger partial charge >= 0.3 is 0 Å². The van der Waals surface area contributed by atoms with Gasteiger partial charge < -0.3 is 15.4 Å². The third-order valence-electron chi connectivity index (χ3n) is 4.62. The minimum atomic E-state index is 0.161. The molecule has 0 saturated carbocycles. The van der Waals surface area contributed by atoms with Crippen LogP contribution in [-0.2, 0) is 0 Å². The molecule has 2 aliphatic rings. The fraction of sp³-hybridized carbons (Fsp3) is 0.471. The zero-order chi connectivity index (χ0) is 16.5. The first kappa shape index (κ1) is 15.7. The highest BCUT2D eigenvalue weighted by atomic mass is 32.2. The van der Waals surface area contributed by atoms with Gasteiger partial charge in [-0.2, -0.15) is 4.98 Å². The van der Waals surface area contributed by atoms with Crippen LogP contribution in [0.4, 0.5) is 5.95 Å². The van der Waals surface area contributed by atoms with Gasteiger partial charge in [0, 0.05) is 17.8 Å². The second kappa shape index (κ2) is 6.57. The van der Waals surface area contributed by atoms with E-state index in [1.54, 1.807) is 11.8 Å². The van der Waals surface area contributed by atoms with Crippen LogP contribution >= 0.6 is 11.8 Å². The first-order valence-corrected chi connectivity index (χ1v) is 9.25. The first-order valence-electron chi connectivity index (χ1n) is 8.37. The largest absolute Gasteiger partial charge is 0.396 e. The Kier molecular flexibility index (Phi) is 4.28. The van der Waals surface area contributed by atoms with Crippen molar-refractivity contribution < 1.29 is 5.11 Å². The minimum Gasteiger partial charge on any atom is -0.396 e. The normalized spacial score (nSPS) is 26.5. The molecule has 0 fully saturated rings. The Hall–Kier alpha value is -1.86. The number of thioether (sulfide) groups is 1. The summed E-state index contributed by atoms with van der Waals surface area (Å²) < 4.78 is 2.04. The van der Waals surface area contributed by atoms with E-state index < -0.39 is 0 Å². The fourth-order valence-corrected chi connectivity index (χ4v) is 4.51. The lowest BCUT2D eigenvalue weighted by Gasteiger charge is -2.16. The molecule has 6 nitrogen and oxygen atoms in total. The molecule has 0 spiro atoms. The molecule has 3 atom stereocenters. The van der Waals surface area contributed by atoms with E-state index in [0.29, 0.717) is 5.25 Å². The standard InChI is InChI=1S/C17H21N5OS/c18-17-20-15-14(16(21-17)24-13-4-2-1-3-5-13)19-10-22(15)12-7-6-11(8-12)9-23/h2,4,6-7,10-13,23H,1,3,5,8-9H2,(H2,18,20,21)/t11-,12+,13?/m1/s1. The van der Waals surface area contributed by atoms with Gasteiger partial charge in [0.1, 0.15) is 10.5 Å². The van der Waals surface area contributed by atoms with Gasteiger partial charge in [-0.3, -0.25) is 0 Å². The van der Waals surface area contributed by atoms with Crippen LogP contribution < -0.4 is 5.73 Å². The summed E-state index contributed by atoms with van der Waals surface area (Å²) in [7, 11) is 0. The summed E-state index contributed by atoms with van der Waals surface area (Å²) in [5.74, 6) is 0.486. The van der Waals surface area contributed by atoms with E-state index in [-0.39, 0.29) is 24.5 Å². The van der Waals surface area contributed by atoms with E-state index >= 15 is 0 Å². The van der Waals surface area contributed by atoms with Crippen molar-refractivity contribution in [1.29, 1.82) is 0 Å². The third kappa shape index (κ3) is 2.93. The zero-order valence-electron chi connectivity index (χ0n) is 13.4. The Bertz CT molecular complexity index is 800. The Morgan fingerprint density at radius 2 is 2.21 bits per heavy atom. The summed E-state index contributed by atoms with van der Waals surface area (Å²) in [6.07, 6.45) is 14.8. The summed E-state index contributed by atoms with van der Waals surface area (Å²) >= 11 is 1.72. The molecule has 0 bridgehead atoms. The van der Waals surface area contributed by atoms with Crippen LogP contribution in [0.1, 0.15) is 31.7 Å². The van der Waals surface area contributed by atoms with Crippen molar-refractivity contribution in [2.45, 2.75) is 42.0 Å².